The highest BCUT2D eigenvalue weighted by atomic mass is 35.5. The summed E-state index contributed by atoms with van der Waals surface area (Å²) in [5.74, 6) is 0.157. The van der Waals surface area contributed by atoms with Crippen molar-refractivity contribution in [2.75, 3.05) is 19.6 Å². The van der Waals surface area contributed by atoms with Crippen LogP contribution in [0.15, 0.2) is 27.1 Å². The molecule has 0 aliphatic carbocycles. The second-order valence-corrected chi connectivity index (χ2v) is 10.8. The van der Waals surface area contributed by atoms with Gasteiger partial charge < -0.3 is 5.32 Å². The lowest BCUT2D eigenvalue weighted by Gasteiger charge is -2.33. The molecule has 0 saturated heterocycles. The molecule has 0 fully saturated rings. The monoisotopic (exact) mass is 415 g/mol. The van der Waals surface area contributed by atoms with Crippen LogP contribution in [0, 0.1) is 5.92 Å². The Morgan fingerprint density at radius 1 is 1.54 bits per heavy atom. The van der Waals surface area contributed by atoms with Crippen LogP contribution in [0.3, 0.4) is 0 Å². The van der Waals surface area contributed by atoms with Gasteiger partial charge in [0.25, 0.3) is 10.0 Å². The molecule has 0 spiro atoms. The number of halogens is 1. The molecule has 1 aliphatic rings. The van der Waals surface area contributed by atoms with Gasteiger partial charge in [-0.2, -0.15) is 4.31 Å². The molecule has 3 N–H and O–H groups in total. The minimum Gasteiger partial charge on any atom is -0.305 e. The fraction of sp³-hybridized carbons (Fsp3) is 0.538. The molecule has 0 aromatic carbocycles. The third-order valence-electron chi connectivity index (χ3n) is 3.40. The zero-order valence-electron chi connectivity index (χ0n) is 13.4. The van der Waals surface area contributed by atoms with E-state index in [1.807, 2.05) is 13.8 Å². The van der Waals surface area contributed by atoms with Crippen LogP contribution in [-0.2, 0) is 20.0 Å². The molecule has 1 aromatic heterocycles. The minimum absolute atomic E-state index is 0. The second kappa shape index (κ2) is 7.81. The van der Waals surface area contributed by atoms with Crippen LogP contribution in [0.2, 0.25) is 0 Å². The van der Waals surface area contributed by atoms with Crippen molar-refractivity contribution in [3.05, 3.63) is 24.3 Å². The standard InChI is InChI=1S/C13H21N3O4S3.ClH/c1-4-5-15-11-8-16(7-9(2)3)23(19,20)13-10(11)6-12(21-13)22(14,17)18;/h4,6,9,11,15H,1,5,7-8H2,2-3H3,(H2,14,17,18);1H/t11-;/m0./s1. The van der Waals surface area contributed by atoms with Gasteiger partial charge in [0, 0.05) is 31.2 Å². The number of nitrogens with one attached hydrogen (secondary N) is 1. The molecule has 11 heteroatoms. The SMILES string of the molecule is C=CCN[C@H]1CN(CC(C)C)S(=O)(=O)c2sc(S(N)(=O)=O)cc21.Cl. The molecule has 0 unspecified atom stereocenters. The highest BCUT2D eigenvalue weighted by Crippen LogP contribution is 2.40. The second-order valence-electron chi connectivity index (χ2n) is 5.82. The number of rotatable bonds is 6. The molecule has 24 heavy (non-hydrogen) atoms. The average molecular weight is 416 g/mol. The van der Waals surface area contributed by atoms with Crippen molar-refractivity contribution in [3.63, 3.8) is 0 Å². The summed E-state index contributed by atoms with van der Waals surface area (Å²) in [6.45, 7) is 8.61. The van der Waals surface area contributed by atoms with E-state index in [1.165, 1.54) is 10.4 Å². The maximum absolute atomic E-state index is 12.8. The van der Waals surface area contributed by atoms with Crippen LogP contribution < -0.4 is 10.5 Å². The van der Waals surface area contributed by atoms with Gasteiger partial charge in [0.1, 0.15) is 8.42 Å². The van der Waals surface area contributed by atoms with E-state index in [0.717, 1.165) is 0 Å². The van der Waals surface area contributed by atoms with Crippen molar-refractivity contribution in [3.8, 4) is 0 Å². The van der Waals surface area contributed by atoms with E-state index < -0.39 is 20.0 Å². The lowest BCUT2D eigenvalue weighted by atomic mass is 10.1. The van der Waals surface area contributed by atoms with Gasteiger partial charge in [0.05, 0.1) is 0 Å². The summed E-state index contributed by atoms with van der Waals surface area (Å²) in [6.07, 6.45) is 1.67. The Bertz CT molecular complexity index is 802. The van der Waals surface area contributed by atoms with Crippen molar-refractivity contribution in [1.82, 2.24) is 9.62 Å². The third-order valence-corrected chi connectivity index (χ3v) is 8.33. The first-order valence-corrected chi connectivity index (χ1v) is 10.9. The molecule has 0 saturated carbocycles. The van der Waals surface area contributed by atoms with Crippen LogP contribution in [0.25, 0.3) is 0 Å². The smallest absolute Gasteiger partial charge is 0.253 e. The first-order valence-electron chi connectivity index (χ1n) is 7.08. The molecular weight excluding hydrogens is 394 g/mol. The van der Waals surface area contributed by atoms with Gasteiger partial charge in [-0.15, -0.1) is 30.3 Å². The Labute approximate surface area is 153 Å². The van der Waals surface area contributed by atoms with Crippen LogP contribution in [0.1, 0.15) is 25.5 Å². The van der Waals surface area contributed by atoms with Gasteiger partial charge in [-0.3, -0.25) is 0 Å². The molecule has 2 heterocycles. The third kappa shape index (κ3) is 4.37. The molecule has 138 valence electrons. The minimum atomic E-state index is -3.94. The molecular formula is C13H22ClN3O4S3. The van der Waals surface area contributed by atoms with Gasteiger partial charge >= 0.3 is 0 Å². The number of thiophene rings is 1. The van der Waals surface area contributed by atoms with Crippen molar-refractivity contribution in [1.29, 1.82) is 0 Å². The lowest BCUT2D eigenvalue weighted by Crippen LogP contribution is -2.44. The normalized spacial score (nSPS) is 20.4. The molecule has 0 bridgehead atoms. The zero-order chi connectivity index (χ0) is 17.4. The molecule has 0 amide bonds. The summed E-state index contributed by atoms with van der Waals surface area (Å²) in [4.78, 5) is 0. The molecule has 1 atom stereocenters. The van der Waals surface area contributed by atoms with E-state index in [0.29, 0.717) is 30.0 Å². The molecule has 0 radical (unpaired) electrons. The number of sulfonamides is 2. The maximum atomic E-state index is 12.8. The largest absolute Gasteiger partial charge is 0.305 e. The first kappa shape index (κ1) is 21.6. The summed E-state index contributed by atoms with van der Waals surface area (Å²) in [5.41, 5.74) is 0.459. The van der Waals surface area contributed by atoms with Gasteiger partial charge in [0.2, 0.25) is 10.0 Å². The number of primary sulfonamides is 1. The Hall–Kier alpha value is -0.490. The van der Waals surface area contributed by atoms with E-state index in [1.54, 1.807) is 6.08 Å². The summed E-state index contributed by atoms with van der Waals surface area (Å²) < 4.78 is 50.0. The highest BCUT2D eigenvalue weighted by Gasteiger charge is 2.39. The fourth-order valence-corrected chi connectivity index (χ4v) is 6.88. The number of hydrogen-bond donors (Lipinski definition) is 2. The topological polar surface area (TPSA) is 110 Å². The van der Waals surface area contributed by atoms with E-state index in [4.69, 9.17) is 5.14 Å². The quantitative estimate of drug-likeness (QED) is 0.680. The van der Waals surface area contributed by atoms with Crippen molar-refractivity contribution in [2.24, 2.45) is 11.1 Å². The fourth-order valence-electron chi connectivity index (χ4n) is 2.45. The molecule has 1 aliphatic heterocycles. The van der Waals surface area contributed by atoms with Crippen LogP contribution in [0.5, 0.6) is 0 Å². The number of fused-ring (bicyclic) bond motifs is 1. The summed E-state index contributed by atoms with van der Waals surface area (Å²) in [5, 5.41) is 8.34. The van der Waals surface area contributed by atoms with E-state index in [2.05, 4.69) is 11.9 Å². The number of nitrogens with two attached hydrogens (primary N) is 1. The van der Waals surface area contributed by atoms with Crippen LogP contribution >= 0.6 is 23.7 Å². The summed E-state index contributed by atoms with van der Waals surface area (Å²) >= 11 is 0.709. The first-order chi connectivity index (χ1) is 10.6. The van der Waals surface area contributed by atoms with Crippen LogP contribution in [0.4, 0.5) is 0 Å². The Morgan fingerprint density at radius 3 is 2.67 bits per heavy atom. The Morgan fingerprint density at radius 2 is 2.17 bits per heavy atom. The molecule has 7 nitrogen and oxygen atoms in total. The Balaban J connectivity index is 0.00000288. The van der Waals surface area contributed by atoms with Gasteiger partial charge in [-0.1, -0.05) is 19.9 Å². The summed E-state index contributed by atoms with van der Waals surface area (Å²) in [6, 6.07) is 1.07. The average Bonchev–Trinajstić information content (AvgIpc) is 2.86. The zero-order valence-corrected chi connectivity index (χ0v) is 16.7. The predicted octanol–water partition coefficient (Wildman–Crippen LogP) is 1.29. The van der Waals surface area contributed by atoms with Gasteiger partial charge in [-0.05, 0) is 12.0 Å². The molecule has 1 aromatic rings. The van der Waals surface area contributed by atoms with E-state index >= 15 is 0 Å². The van der Waals surface area contributed by atoms with E-state index in [-0.39, 0.29) is 39.3 Å². The predicted molar refractivity (Wildman–Crippen MR) is 97.5 cm³/mol. The van der Waals surface area contributed by atoms with Crippen molar-refractivity contribution >= 4 is 43.8 Å². The maximum Gasteiger partial charge on any atom is 0.253 e. The van der Waals surface area contributed by atoms with Gasteiger partial charge in [0.15, 0.2) is 0 Å². The van der Waals surface area contributed by atoms with Crippen molar-refractivity contribution < 1.29 is 16.8 Å². The lowest BCUT2D eigenvalue weighted by molar-refractivity contribution is 0.318. The molecule has 2 rings (SSSR count). The number of nitrogens with zero attached hydrogens (tertiary/aromatic N) is 1. The van der Waals surface area contributed by atoms with E-state index in [9.17, 15) is 16.8 Å². The van der Waals surface area contributed by atoms with Gasteiger partial charge in [-0.25, -0.2) is 22.0 Å². The van der Waals surface area contributed by atoms with Crippen LogP contribution in [-0.4, -0.2) is 40.8 Å². The number of hydrogen-bond acceptors (Lipinski definition) is 6. The summed E-state index contributed by atoms with van der Waals surface area (Å²) in [7, 11) is -7.65. The Kier molecular flexibility index (Phi) is 7.02. The highest BCUT2D eigenvalue weighted by molar-refractivity contribution is 7.94. The van der Waals surface area contributed by atoms with Crippen molar-refractivity contribution in [2.45, 2.75) is 28.3 Å².